The van der Waals surface area contributed by atoms with Gasteiger partial charge in [-0.2, -0.15) is 0 Å². The molecule has 0 saturated carbocycles. The van der Waals surface area contributed by atoms with Gasteiger partial charge in [0.2, 0.25) is 5.91 Å². The molecule has 0 radical (unpaired) electrons. The van der Waals surface area contributed by atoms with E-state index in [2.05, 4.69) is 41.5 Å². The van der Waals surface area contributed by atoms with Crippen molar-refractivity contribution in [2.24, 2.45) is 10.9 Å². The van der Waals surface area contributed by atoms with Crippen LogP contribution in [0.1, 0.15) is 39.2 Å². The van der Waals surface area contributed by atoms with Crippen LogP contribution < -0.4 is 10.6 Å². The molecule has 1 aromatic carbocycles. The number of hydrogen-bond donors (Lipinski definition) is 2. The highest BCUT2D eigenvalue weighted by molar-refractivity contribution is 5.88. The molecule has 1 amide bonds. The zero-order chi connectivity index (χ0) is 17.4. The van der Waals surface area contributed by atoms with E-state index >= 15 is 0 Å². The van der Waals surface area contributed by atoms with Crippen LogP contribution in [-0.4, -0.2) is 42.9 Å². The highest BCUT2D eigenvalue weighted by Crippen LogP contribution is 2.15. The number of benzene rings is 1. The molecule has 0 aromatic heterocycles. The van der Waals surface area contributed by atoms with E-state index < -0.39 is 0 Å². The smallest absolute Gasteiger partial charge is 0.221 e. The van der Waals surface area contributed by atoms with Gasteiger partial charge < -0.3 is 15.5 Å². The molecule has 1 heterocycles. The number of anilines is 1. The van der Waals surface area contributed by atoms with Crippen LogP contribution in [0.2, 0.25) is 0 Å². The van der Waals surface area contributed by atoms with Crippen LogP contribution in [0, 0.1) is 5.92 Å². The first-order chi connectivity index (χ1) is 11.6. The second kappa shape index (κ2) is 9.30. The van der Waals surface area contributed by atoms with Gasteiger partial charge in [-0.05, 0) is 49.8 Å². The van der Waals surface area contributed by atoms with Crippen molar-refractivity contribution in [3.05, 3.63) is 29.8 Å². The molecule has 2 rings (SSSR count). The number of carbonyl (C=O) groups is 1. The lowest BCUT2D eigenvalue weighted by Gasteiger charge is -2.33. The number of carbonyl (C=O) groups excluding carboxylic acids is 1. The Labute approximate surface area is 145 Å². The van der Waals surface area contributed by atoms with Crippen molar-refractivity contribution < 1.29 is 4.79 Å². The Kier molecular flexibility index (Phi) is 7.09. The molecule has 24 heavy (non-hydrogen) atoms. The van der Waals surface area contributed by atoms with E-state index in [-0.39, 0.29) is 5.91 Å². The lowest BCUT2D eigenvalue weighted by atomic mass is 10.0. The summed E-state index contributed by atoms with van der Waals surface area (Å²) in [6, 6.07) is 7.99. The van der Waals surface area contributed by atoms with Crippen molar-refractivity contribution in [2.75, 3.05) is 31.5 Å². The maximum atomic E-state index is 11.0. The first-order valence-corrected chi connectivity index (χ1v) is 8.98. The summed E-state index contributed by atoms with van der Waals surface area (Å²) in [4.78, 5) is 18.2. The highest BCUT2D eigenvalue weighted by Gasteiger charge is 2.18. The predicted octanol–water partition coefficient (Wildman–Crippen LogP) is 2.88. The third kappa shape index (κ3) is 5.87. The summed E-state index contributed by atoms with van der Waals surface area (Å²) in [5, 5.41) is 6.21. The number of piperidine rings is 1. The molecule has 1 saturated heterocycles. The molecule has 1 aromatic rings. The van der Waals surface area contributed by atoms with Gasteiger partial charge in [-0.3, -0.25) is 9.79 Å². The number of likely N-dealkylation sites (tertiary alicyclic amines) is 1. The molecule has 1 aliphatic rings. The van der Waals surface area contributed by atoms with Crippen molar-refractivity contribution in [2.45, 2.75) is 40.0 Å². The van der Waals surface area contributed by atoms with Crippen molar-refractivity contribution in [3.63, 3.8) is 0 Å². The molecule has 5 heteroatoms. The molecule has 5 nitrogen and oxygen atoms in total. The SMILES string of the molecule is CCNC(=NCCc1ccc(NC(C)=O)cc1)N1CCCC(C)C1. The Morgan fingerprint density at radius 3 is 2.71 bits per heavy atom. The summed E-state index contributed by atoms with van der Waals surface area (Å²) in [5.41, 5.74) is 2.07. The minimum Gasteiger partial charge on any atom is -0.357 e. The van der Waals surface area contributed by atoms with Gasteiger partial charge in [0, 0.05) is 38.8 Å². The van der Waals surface area contributed by atoms with E-state index in [9.17, 15) is 4.79 Å². The standard InChI is InChI=1S/C19H30N4O/c1-4-20-19(23-13-5-6-15(2)14-23)21-12-11-17-7-9-18(10-8-17)22-16(3)24/h7-10,15H,4-6,11-14H2,1-3H3,(H,20,21)(H,22,24). The quantitative estimate of drug-likeness (QED) is 0.645. The topological polar surface area (TPSA) is 56.7 Å². The van der Waals surface area contributed by atoms with Gasteiger partial charge in [0.15, 0.2) is 5.96 Å². The normalized spacial score (nSPS) is 18.4. The zero-order valence-electron chi connectivity index (χ0n) is 15.1. The van der Waals surface area contributed by atoms with Crippen LogP contribution in [0.25, 0.3) is 0 Å². The largest absolute Gasteiger partial charge is 0.357 e. The molecular weight excluding hydrogens is 300 g/mol. The van der Waals surface area contributed by atoms with Gasteiger partial charge in [0.1, 0.15) is 0 Å². The third-order valence-corrected chi connectivity index (χ3v) is 4.23. The van der Waals surface area contributed by atoms with Gasteiger partial charge in [-0.15, -0.1) is 0 Å². The number of amides is 1. The van der Waals surface area contributed by atoms with Crippen molar-refractivity contribution >= 4 is 17.6 Å². The minimum absolute atomic E-state index is 0.0432. The summed E-state index contributed by atoms with van der Waals surface area (Å²) in [5.74, 6) is 1.74. The van der Waals surface area contributed by atoms with E-state index in [1.54, 1.807) is 0 Å². The van der Waals surface area contributed by atoms with Gasteiger partial charge in [-0.25, -0.2) is 0 Å². The molecule has 1 aliphatic heterocycles. The number of nitrogens with zero attached hydrogens (tertiary/aromatic N) is 2. The van der Waals surface area contributed by atoms with Gasteiger partial charge in [0.05, 0.1) is 0 Å². The van der Waals surface area contributed by atoms with E-state index in [0.29, 0.717) is 0 Å². The van der Waals surface area contributed by atoms with Gasteiger partial charge in [-0.1, -0.05) is 19.1 Å². The van der Waals surface area contributed by atoms with Crippen LogP contribution in [-0.2, 0) is 11.2 Å². The molecular formula is C19H30N4O. The predicted molar refractivity (Wildman–Crippen MR) is 100 cm³/mol. The van der Waals surface area contributed by atoms with Gasteiger partial charge >= 0.3 is 0 Å². The lowest BCUT2D eigenvalue weighted by Crippen LogP contribution is -2.46. The Balaban J connectivity index is 1.90. The fourth-order valence-electron chi connectivity index (χ4n) is 3.06. The van der Waals surface area contributed by atoms with E-state index in [1.807, 2.05) is 12.1 Å². The fraction of sp³-hybridized carbons (Fsp3) is 0.579. The van der Waals surface area contributed by atoms with Crippen molar-refractivity contribution in [3.8, 4) is 0 Å². The average molecular weight is 330 g/mol. The maximum Gasteiger partial charge on any atom is 0.221 e. The molecule has 0 spiro atoms. The van der Waals surface area contributed by atoms with Crippen LogP contribution >= 0.6 is 0 Å². The number of nitrogens with one attached hydrogen (secondary N) is 2. The third-order valence-electron chi connectivity index (χ3n) is 4.23. The maximum absolute atomic E-state index is 11.0. The van der Waals surface area contributed by atoms with Crippen molar-refractivity contribution in [1.29, 1.82) is 0 Å². The summed E-state index contributed by atoms with van der Waals surface area (Å²) in [6.45, 7) is 9.81. The van der Waals surface area contributed by atoms with Crippen LogP contribution in [0.15, 0.2) is 29.3 Å². The zero-order valence-corrected chi connectivity index (χ0v) is 15.1. The van der Waals surface area contributed by atoms with Crippen LogP contribution in [0.3, 0.4) is 0 Å². The second-order valence-electron chi connectivity index (χ2n) is 6.56. The summed E-state index contributed by atoms with van der Waals surface area (Å²) >= 11 is 0. The first kappa shape index (κ1) is 18.3. The Hall–Kier alpha value is -2.04. The van der Waals surface area contributed by atoms with Crippen LogP contribution in [0.4, 0.5) is 5.69 Å². The number of aliphatic imine (C=N–C) groups is 1. The lowest BCUT2D eigenvalue weighted by molar-refractivity contribution is -0.114. The molecule has 1 unspecified atom stereocenters. The second-order valence-corrected chi connectivity index (χ2v) is 6.56. The minimum atomic E-state index is -0.0432. The molecule has 0 aliphatic carbocycles. The van der Waals surface area contributed by atoms with Gasteiger partial charge in [0.25, 0.3) is 0 Å². The summed E-state index contributed by atoms with van der Waals surface area (Å²) in [6.07, 6.45) is 3.46. The van der Waals surface area contributed by atoms with Crippen molar-refractivity contribution in [1.82, 2.24) is 10.2 Å². The average Bonchev–Trinajstić information content (AvgIpc) is 2.55. The van der Waals surface area contributed by atoms with Crippen LogP contribution in [0.5, 0.6) is 0 Å². The number of hydrogen-bond acceptors (Lipinski definition) is 2. The first-order valence-electron chi connectivity index (χ1n) is 8.98. The molecule has 1 fully saturated rings. The molecule has 2 N–H and O–H groups in total. The Bertz CT molecular complexity index is 553. The fourth-order valence-corrected chi connectivity index (χ4v) is 3.06. The number of rotatable bonds is 5. The molecule has 132 valence electrons. The summed E-state index contributed by atoms with van der Waals surface area (Å²) < 4.78 is 0. The van der Waals surface area contributed by atoms with E-state index in [4.69, 9.17) is 4.99 Å². The highest BCUT2D eigenvalue weighted by atomic mass is 16.1. The number of guanidine groups is 1. The Morgan fingerprint density at radius 2 is 2.08 bits per heavy atom. The molecule has 1 atom stereocenters. The van der Waals surface area contributed by atoms with E-state index in [0.717, 1.165) is 50.2 Å². The molecule has 0 bridgehead atoms. The Morgan fingerprint density at radius 1 is 1.33 bits per heavy atom. The van der Waals surface area contributed by atoms with E-state index in [1.165, 1.54) is 25.3 Å². The summed E-state index contributed by atoms with van der Waals surface area (Å²) in [7, 11) is 0. The monoisotopic (exact) mass is 330 g/mol.